The van der Waals surface area contributed by atoms with Gasteiger partial charge in [0.1, 0.15) is 5.82 Å². The van der Waals surface area contributed by atoms with Crippen molar-refractivity contribution >= 4 is 27.6 Å². The minimum Gasteiger partial charge on any atom is -0.449 e. The van der Waals surface area contributed by atoms with E-state index < -0.39 is 33.8 Å². The number of carbonyl (C=O) groups excluding carboxylic acids is 2. The molecule has 28 heavy (non-hydrogen) atoms. The lowest BCUT2D eigenvalue weighted by Gasteiger charge is -2.14. The van der Waals surface area contributed by atoms with Gasteiger partial charge in [-0.25, -0.2) is 17.6 Å². The molecule has 0 fully saturated rings. The quantitative estimate of drug-likeness (QED) is 0.654. The number of benzene rings is 2. The van der Waals surface area contributed by atoms with Crippen molar-refractivity contribution in [3.63, 3.8) is 0 Å². The summed E-state index contributed by atoms with van der Waals surface area (Å²) in [6.45, 7) is 3.78. The Hall–Kier alpha value is -2.94. The second-order valence-corrected chi connectivity index (χ2v) is 7.66. The van der Waals surface area contributed by atoms with E-state index in [0.29, 0.717) is 6.54 Å². The third kappa shape index (κ3) is 5.78. The zero-order valence-electron chi connectivity index (χ0n) is 15.4. The van der Waals surface area contributed by atoms with E-state index in [2.05, 4.69) is 10.0 Å². The first kappa shape index (κ1) is 21.4. The Morgan fingerprint density at radius 3 is 2.46 bits per heavy atom. The number of hydrogen-bond donors (Lipinski definition) is 2. The van der Waals surface area contributed by atoms with Gasteiger partial charge in [0.25, 0.3) is 15.9 Å². The van der Waals surface area contributed by atoms with Crippen LogP contribution >= 0.6 is 0 Å². The SMILES string of the molecule is CCCNC(=O)C(C)OC(=O)c1cccc(S(=O)(=O)Nc2ccc(F)cc2)c1. The molecular formula is C19H21FN2O5S. The van der Waals surface area contributed by atoms with Crippen molar-refractivity contribution in [3.05, 3.63) is 59.9 Å². The number of amides is 1. The van der Waals surface area contributed by atoms with Crippen LogP contribution in [0.1, 0.15) is 30.6 Å². The van der Waals surface area contributed by atoms with Crippen LogP contribution in [0.3, 0.4) is 0 Å². The molecule has 0 heterocycles. The average molecular weight is 408 g/mol. The van der Waals surface area contributed by atoms with E-state index in [4.69, 9.17) is 4.74 Å². The van der Waals surface area contributed by atoms with Crippen molar-refractivity contribution in [3.8, 4) is 0 Å². The Balaban J connectivity index is 2.12. The molecule has 2 aromatic rings. The van der Waals surface area contributed by atoms with Crippen LogP contribution in [0.15, 0.2) is 53.4 Å². The van der Waals surface area contributed by atoms with Gasteiger partial charge in [-0.3, -0.25) is 9.52 Å². The number of anilines is 1. The molecule has 1 atom stereocenters. The van der Waals surface area contributed by atoms with Gasteiger partial charge in [-0.2, -0.15) is 0 Å². The fourth-order valence-electron chi connectivity index (χ4n) is 2.20. The Kier molecular flexibility index (Phi) is 7.11. The lowest BCUT2D eigenvalue weighted by Crippen LogP contribution is -2.36. The number of sulfonamides is 1. The van der Waals surface area contributed by atoms with Crippen LogP contribution in [0.4, 0.5) is 10.1 Å². The van der Waals surface area contributed by atoms with Gasteiger partial charge in [0, 0.05) is 12.2 Å². The van der Waals surface area contributed by atoms with Crippen molar-refractivity contribution in [2.75, 3.05) is 11.3 Å². The number of carbonyl (C=O) groups is 2. The molecule has 0 aliphatic heterocycles. The first-order valence-corrected chi connectivity index (χ1v) is 10.1. The van der Waals surface area contributed by atoms with Gasteiger partial charge in [-0.15, -0.1) is 0 Å². The lowest BCUT2D eigenvalue weighted by molar-refractivity contribution is -0.129. The van der Waals surface area contributed by atoms with E-state index in [0.717, 1.165) is 24.6 Å². The monoisotopic (exact) mass is 408 g/mol. The van der Waals surface area contributed by atoms with Gasteiger partial charge in [-0.1, -0.05) is 13.0 Å². The van der Waals surface area contributed by atoms with Crippen molar-refractivity contribution in [1.29, 1.82) is 0 Å². The summed E-state index contributed by atoms with van der Waals surface area (Å²) >= 11 is 0. The van der Waals surface area contributed by atoms with Crippen molar-refractivity contribution in [2.24, 2.45) is 0 Å². The first-order valence-electron chi connectivity index (χ1n) is 8.60. The molecule has 2 N–H and O–H groups in total. The molecule has 0 bridgehead atoms. The van der Waals surface area contributed by atoms with Crippen molar-refractivity contribution in [2.45, 2.75) is 31.3 Å². The maximum Gasteiger partial charge on any atom is 0.338 e. The molecule has 0 saturated heterocycles. The summed E-state index contributed by atoms with van der Waals surface area (Å²) in [5.41, 5.74) is 0.160. The van der Waals surface area contributed by atoms with Gasteiger partial charge in [0.05, 0.1) is 10.5 Å². The smallest absolute Gasteiger partial charge is 0.338 e. The largest absolute Gasteiger partial charge is 0.449 e. The molecule has 0 aliphatic carbocycles. The molecule has 0 saturated carbocycles. The third-order valence-corrected chi connectivity index (χ3v) is 5.06. The minimum absolute atomic E-state index is 0.0166. The number of hydrogen-bond acceptors (Lipinski definition) is 5. The number of ether oxygens (including phenoxy) is 1. The number of esters is 1. The zero-order valence-corrected chi connectivity index (χ0v) is 16.3. The Morgan fingerprint density at radius 1 is 1.14 bits per heavy atom. The summed E-state index contributed by atoms with van der Waals surface area (Å²) in [5, 5.41) is 2.61. The second-order valence-electron chi connectivity index (χ2n) is 5.98. The molecule has 7 nitrogen and oxygen atoms in total. The van der Waals surface area contributed by atoms with Crippen molar-refractivity contribution in [1.82, 2.24) is 5.32 Å². The Labute approximate surface area is 163 Å². The molecule has 1 unspecified atom stereocenters. The molecule has 150 valence electrons. The molecule has 2 aromatic carbocycles. The van der Waals surface area contributed by atoms with Crippen LogP contribution in [0.25, 0.3) is 0 Å². The van der Waals surface area contributed by atoms with Gasteiger partial charge >= 0.3 is 5.97 Å². The van der Waals surface area contributed by atoms with Crippen molar-refractivity contribution < 1.29 is 27.1 Å². The van der Waals surface area contributed by atoms with Gasteiger partial charge < -0.3 is 10.1 Å². The average Bonchev–Trinajstić information content (AvgIpc) is 2.67. The standard InChI is InChI=1S/C19H21FN2O5S/c1-3-11-21-18(23)13(2)27-19(24)14-5-4-6-17(12-14)28(25,26)22-16-9-7-15(20)8-10-16/h4-10,12-13,22H,3,11H2,1-2H3,(H,21,23). The summed E-state index contributed by atoms with van der Waals surface area (Å²) < 4.78 is 45.3. The van der Waals surface area contributed by atoms with E-state index >= 15 is 0 Å². The predicted molar refractivity (Wildman–Crippen MR) is 102 cm³/mol. The normalized spacial score (nSPS) is 12.1. The molecule has 0 radical (unpaired) electrons. The van der Waals surface area contributed by atoms with Gasteiger partial charge in [-0.05, 0) is 55.8 Å². The van der Waals surface area contributed by atoms with E-state index in [1.54, 1.807) is 0 Å². The third-order valence-electron chi connectivity index (χ3n) is 3.68. The highest BCUT2D eigenvalue weighted by molar-refractivity contribution is 7.92. The van der Waals surface area contributed by atoms with Crippen LogP contribution in [0, 0.1) is 5.82 Å². The summed E-state index contributed by atoms with van der Waals surface area (Å²) in [7, 11) is -4.00. The Bertz CT molecular complexity index is 945. The summed E-state index contributed by atoms with van der Waals surface area (Å²) in [6.07, 6.45) is -0.274. The van der Waals surface area contributed by atoms with Gasteiger partial charge in [0.2, 0.25) is 0 Å². The molecule has 0 aromatic heterocycles. The Morgan fingerprint density at radius 2 is 1.82 bits per heavy atom. The number of rotatable bonds is 8. The molecule has 0 aliphatic rings. The fraction of sp³-hybridized carbons (Fsp3) is 0.263. The summed E-state index contributed by atoms with van der Waals surface area (Å²) in [6, 6.07) is 10.0. The highest BCUT2D eigenvalue weighted by atomic mass is 32.2. The fourth-order valence-corrected chi connectivity index (χ4v) is 3.30. The lowest BCUT2D eigenvalue weighted by atomic mass is 10.2. The number of halogens is 1. The van der Waals surface area contributed by atoms with E-state index in [-0.39, 0.29) is 16.1 Å². The maximum absolute atomic E-state index is 13.0. The molecule has 9 heteroatoms. The topological polar surface area (TPSA) is 102 Å². The van der Waals surface area contributed by atoms with Crippen LogP contribution in [0.2, 0.25) is 0 Å². The summed E-state index contributed by atoms with van der Waals surface area (Å²) in [5.74, 6) is -1.75. The number of nitrogens with one attached hydrogen (secondary N) is 2. The highest BCUT2D eigenvalue weighted by Gasteiger charge is 2.21. The second kappa shape index (κ2) is 9.32. The van der Waals surface area contributed by atoms with E-state index in [1.807, 2.05) is 6.92 Å². The van der Waals surface area contributed by atoms with Gasteiger partial charge in [0.15, 0.2) is 6.10 Å². The molecule has 1 amide bonds. The first-order chi connectivity index (χ1) is 13.2. The highest BCUT2D eigenvalue weighted by Crippen LogP contribution is 2.18. The van der Waals surface area contributed by atoms with Crippen LogP contribution in [-0.4, -0.2) is 32.9 Å². The van der Waals surface area contributed by atoms with Crippen LogP contribution in [0.5, 0.6) is 0 Å². The minimum atomic E-state index is -4.00. The molecule has 0 spiro atoms. The summed E-state index contributed by atoms with van der Waals surface area (Å²) in [4.78, 5) is 23.9. The molecule has 2 rings (SSSR count). The van der Waals surface area contributed by atoms with Crippen LogP contribution in [-0.2, 0) is 19.6 Å². The zero-order chi connectivity index (χ0) is 20.7. The van der Waals surface area contributed by atoms with E-state index in [9.17, 15) is 22.4 Å². The molecular weight excluding hydrogens is 387 g/mol. The predicted octanol–water partition coefficient (Wildman–Crippen LogP) is 2.70. The van der Waals surface area contributed by atoms with Crippen LogP contribution < -0.4 is 10.0 Å². The maximum atomic E-state index is 13.0. The van der Waals surface area contributed by atoms with E-state index in [1.165, 1.54) is 37.3 Å².